The first-order valence-corrected chi connectivity index (χ1v) is 11.0. The van der Waals surface area contributed by atoms with Crippen molar-refractivity contribution in [2.45, 2.75) is 107 Å². The van der Waals surface area contributed by atoms with Crippen molar-refractivity contribution in [3.63, 3.8) is 0 Å². The molecular weight excluding hydrogens is 316 g/mol. The van der Waals surface area contributed by atoms with Crippen molar-refractivity contribution in [3.8, 4) is 0 Å². The van der Waals surface area contributed by atoms with E-state index >= 15 is 0 Å². The van der Waals surface area contributed by atoms with Crippen LogP contribution in [0.3, 0.4) is 0 Å². The molecule has 0 aromatic rings. The Bertz CT molecular complexity index is 393. The van der Waals surface area contributed by atoms with Gasteiger partial charge in [-0.3, -0.25) is 9.80 Å². The van der Waals surface area contributed by atoms with Crippen LogP contribution >= 0.6 is 0 Å². The highest BCUT2D eigenvalue weighted by molar-refractivity contribution is 4.95. The molecule has 26 heavy (non-hydrogen) atoms. The minimum absolute atomic E-state index is 0.279. The highest BCUT2D eigenvalue weighted by Crippen LogP contribution is 2.40. The Morgan fingerprint density at radius 1 is 0.538 bits per heavy atom. The molecule has 1 heterocycles. The number of hydrogen-bond acceptors (Lipinski definition) is 2. The molecule has 0 amide bonds. The van der Waals surface area contributed by atoms with Gasteiger partial charge in [-0.05, 0) is 63.2 Å². The third-order valence-electron chi connectivity index (χ3n) is 7.89. The highest BCUT2D eigenvalue weighted by Gasteiger charge is 2.40. The fourth-order valence-corrected chi connectivity index (χ4v) is 4.78. The lowest BCUT2D eigenvalue weighted by Crippen LogP contribution is -2.60. The predicted octanol–water partition coefficient (Wildman–Crippen LogP) is 6.31. The van der Waals surface area contributed by atoms with E-state index in [0.717, 1.165) is 11.8 Å². The summed E-state index contributed by atoms with van der Waals surface area (Å²) >= 11 is 0. The van der Waals surface area contributed by atoms with Crippen LogP contribution in [-0.4, -0.2) is 47.1 Å². The third-order valence-corrected chi connectivity index (χ3v) is 7.89. The van der Waals surface area contributed by atoms with E-state index in [-0.39, 0.29) is 11.1 Å². The molecule has 0 atom stereocenters. The summed E-state index contributed by atoms with van der Waals surface area (Å²) in [5.74, 6) is 1.44. The molecule has 0 aromatic heterocycles. The second-order valence-corrected chi connectivity index (χ2v) is 12.2. The molecule has 0 spiro atoms. The van der Waals surface area contributed by atoms with Crippen molar-refractivity contribution >= 4 is 0 Å². The first-order valence-electron chi connectivity index (χ1n) is 11.0. The fraction of sp³-hybridized carbons (Fsp3) is 1.00. The molecule has 0 N–H and O–H groups in total. The van der Waals surface area contributed by atoms with Crippen LogP contribution < -0.4 is 0 Å². The molecule has 2 nitrogen and oxygen atoms in total. The molecular formula is C24H50N2. The molecule has 0 aromatic carbocycles. The van der Waals surface area contributed by atoms with E-state index < -0.39 is 0 Å². The second-order valence-electron chi connectivity index (χ2n) is 12.2. The molecule has 0 saturated carbocycles. The Balaban J connectivity index is 2.71. The number of nitrogens with zero attached hydrogens (tertiary/aromatic N) is 2. The molecule has 0 aliphatic carbocycles. The van der Waals surface area contributed by atoms with Gasteiger partial charge in [-0.2, -0.15) is 0 Å². The first-order chi connectivity index (χ1) is 11.5. The van der Waals surface area contributed by atoms with Crippen molar-refractivity contribution in [1.82, 2.24) is 9.80 Å². The second kappa shape index (κ2) is 8.11. The number of rotatable bonds is 8. The number of piperazine rings is 1. The minimum Gasteiger partial charge on any atom is -0.296 e. The summed E-state index contributed by atoms with van der Waals surface area (Å²) in [6.45, 7) is 33.9. The number of hydrogen-bond donors (Lipinski definition) is 0. The van der Waals surface area contributed by atoms with Gasteiger partial charge in [-0.25, -0.2) is 0 Å². The molecule has 1 aliphatic rings. The monoisotopic (exact) mass is 366 g/mol. The van der Waals surface area contributed by atoms with Gasteiger partial charge >= 0.3 is 0 Å². The van der Waals surface area contributed by atoms with Gasteiger partial charge in [0, 0.05) is 37.3 Å². The summed E-state index contributed by atoms with van der Waals surface area (Å²) in [6.07, 6.45) is 2.53. The molecule has 1 fully saturated rings. The quantitative estimate of drug-likeness (QED) is 0.497. The smallest absolute Gasteiger partial charge is 0.0159 e. The SMILES string of the molecule is CC(C)C(C)(C)CC(C)(C)N1CCN(C(C)(C)CC(C)(C)C(C)C)CC1. The maximum Gasteiger partial charge on any atom is 0.0159 e. The first kappa shape index (κ1) is 24.0. The summed E-state index contributed by atoms with van der Waals surface area (Å²) in [6, 6.07) is 0. The highest BCUT2D eigenvalue weighted by atomic mass is 15.3. The zero-order chi connectivity index (χ0) is 20.6. The van der Waals surface area contributed by atoms with Crippen LogP contribution in [0.4, 0.5) is 0 Å². The van der Waals surface area contributed by atoms with Gasteiger partial charge in [-0.1, -0.05) is 55.4 Å². The predicted molar refractivity (Wildman–Crippen MR) is 118 cm³/mol. The Morgan fingerprint density at radius 2 is 0.769 bits per heavy atom. The molecule has 156 valence electrons. The van der Waals surface area contributed by atoms with Crippen molar-refractivity contribution in [2.75, 3.05) is 26.2 Å². The van der Waals surface area contributed by atoms with Crippen molar-refractivity contribution in [1.29, 1.82) is 0 Å². The molecule has 2 heteroatoms. The van der Waals surface area contributed by atoms with Gasteiger partial charge in [0.2, 0.25) is 0 Å². The average Bonchev–Trinajstić information content (AvgIpc) is 2.45. The maximum absolute atomic E-state index is 2.75. The Kier molecular flexibility index (Phi) is 7.48. The molecule has 1 rings (SSSR count). The zero-order valence-electron chi connectivity index (χ0n) is 20.3. The Hall–Kier alpha value is -0.0800. The topological polar surface area (TPSA) is 6.48 Å². The van der Waals surface area contributed by atoms with E-state index in [0.29, 0.717) is 10.8 Å². The van der Waals surface area contributed by atoms with E-state index in [2.05, 4.69) is 92.9 Å². The van der Waals surface area contributed by atoms with Gasteiger partial charge in [0.05, 0.1) is 0 Å². The Labute approximate surface area is 166 Å². The van der Waals surface area contributed by atoms with Gasteiger partial charge in [-0.15, -0.1) is 0 Å². The standard InChI is InChI=1S/C24H50N2/c1-19(2)21(5,6)17-23(9,10)25-13-15-26(16-14-25)24(11,12)18-22(7,8)20(3)4/h19-20H,13-18H2,1-12H3. The lowest BCUT2D eigenvalue weighted by molar-refractivity contribution is -0.0268. The van der Waals surface area contributed by atoms with Crippen LogP contribution in [0.2, 0.25) is 0 Å². The Morgan fingerprint density at radius 3 is 0.962 bits per heavy atom. The lowest BCUT2D eigenvalue weighted by atomic mass is 9.71. The van der Waals surface area contributed by atoms with E-state index in [1.54, 1.807) is 0 Å². The van der Waals surface area contributed by atoms with Crippen LogP contribution in [0, 0.1) is 22.7 Å². The summed E-state index contributed by atoms with van der Waals surface area (Å²) in [5.41, 5.74) is 1.34. The van der Waals surface area contributed by atoms with Crippen LogP contribution in [0.25, 0.3) is 0 Å². The van der Waals surface area contributed by atoms with E-state index in [1.165, 1.54) is 39.0 Å². The van der Waals surface area contributed by atoms with Crippen LogP contribution in [0.1, 0.15) is 95.9 Å². The molecule has 0 bridgehead atoms. The third kappa shape index (κ3) is 5.96. The van der Waals surface area contributed by atoms with Gasteiger partial charge in [0.15, 0.2) is 0 Å². The lowest BCUT2D eigenvalue weighted by Gasteiger charge is -2.52. The maximum atomic E-state index is 2.75. The van der Waals surface area contributed by atoms with E-state index in [9.17, 15) is 0 Å². The van der Waals surface area contributed by atoms with Crippen LogP contribution in [0.5, 0.6) is 0 Å². The summed E-state index contributed by atoms with van der Waals surface area (Å²) in [7, 11) is 0. The van der Waals surface area contributed by atoms with E-state index in [1.807, 2.05) is 0 Å². The molecule has 1 saturated heterocycles. The minimum atomic E-state index is 0.279. The van der Waals surface area contributed by atoms with Gasteiger partial charge in [0.1, 0.15) is 0 Å². The average molecular weight is 367 g/mol. The van der Waals surface area contributed by atoms with Crippen LogP contribution in [0.15, 0.2) is 0 Å². The van der Waals surface area contributed by atoms with Gasteiger partial charge in [0.25, 0.3) is 0 Å². The summed E-state index contributed by atoms with van der Waals surface area (Å²) in [5, 5.41) is 0. The van der Waals surface area contributed by atoms with Crippen molar-refractivity contribution in [2.24, 2.45) is 22.7 Å². The zero-order valence-corrected chi connectivity index (χ0v) is 20.3. The van der Waals surface area contributed by atoms with Crippen molar-refractivity contribution in [3.05, 3.63) is 0 Å². The largest absolute Gasteiger partial charge is 0.296 e. The van der Waals surface area contributed by atoms with E-state index in [4.69, 9.17) is 0 Å². The molecule has 1 aliphatic heterocycles. The molecule has 0 unspecified atom stereocenters. The van der Waals surface area contributed by atoms with Gasteiger partial charge < -0.3 is 0 Å². The van der Waals surface area contributed by atoms with Crippen LogP contribution in [-0.2, 0) is 0 Å². The molecule has 0 radical (unpaired) electrons. The van der Waals surface area contributed by atoms with Crippen molar-refractivity contribution < 1.29 is 0 Å². The fourth-order valence-electron chi connectivity index (χ4n) is 4.78. The normalized spacial score (nSPS) is 19.6. The summed E-state index contributed by atoms with van der Waals surface area (Å²) in [4.78, 5) is 5.49. The summed E-state index contributed by atoms with van der Waals surface area (Å²) < 4.78 is 0.